The number of nitrogens with one attached hydrogen (secondary N) is 1. The van der Waals surface area contributed by atoms with Gasteiger partial charge in [0, 0.05) is 13.7 Å². The summed E-state index contributed by atoms with van der Waals surface area (Å²) in [4.78, 5) is 4.33. The molecule has 0 bridgehead atoms. The SMILES string of the molecule is CCC(C)(OC)c1noc(C2(O)CCCNC2)n1. The molecule has 0 amide bonds. The zero-order valence-corrected chi connectivity index (χ0v) is 11.2. The van der Waals surface area contributed by atoms with E-state index in [4.69, 9.17) is 9.26 Å². The zero-order valence-electron chi connectivity index (χ0n) is 11.2. The Bertz CT molecular complexity index is 395. The minimum absolute atomic E-state index is 0.279. The van der Waals surface area contributed by atoms with Crippen molar-refractivity contribution < 1.29 is 14.4 Å². The second-order valence-electron chi connectivity index (χ2n) is 5.02. The Morgan fingerprint density at radius 3 is 2.94 bits per heavy atom. The molecule has 0 aromatic carbocycles. The van der Waals surface area contributed by atoms with Gasteiger partial charge in [-0.15, -0.1) is 0 Å². The van der Waals surface area contributed by atoms with E-state index in [1.54, 1.807) is 7.11 Å². The van der Waals surface area contributed by atoms with Crippen molar-refractivity contribution in [3.05, 3.63) is 11.7 Å². The van der Waals surface area contributed by atoms with Crippen molar-refractivity contribution in [3.63, 3.8) is 0 Å². The van der Waals surface area contributed by atoms with E-state index >= 15 is 0 Å². The molecule has 2 atom stereocenters. The van der Waals surface area contributed by atoms with Crippen LogP contribution in [0, 0.1) is 0 Å². The first-order valence-electron chi connectivity index (χ1n) is 6.37. The van der Waals surface area contributed by atoms with Gasteiger partial charge in [0.1, 0.15) is 5.60 Å². The van der Waals surface area contributed by atoms with Gasteiger partial charge in [0.05, 0.1) is 0 Å². The van der Waals surface area contributed by atoms with Gasteiger partial charge in [-0.1, -0.05) is 12.1 Å². The molecule has 0 spiro atoms. The monoisotopic (exact) mass is 255 g/mol. The Kier molecular flexibility index (Phi) is 3.70. The lowest BCUT2D eigenvalue weighted by molar-refractivity contribution is -0.0167. The van der Waals surface area contributed by atoms with Crippen LogP contribution in [0.15, 0.2) is 4.52 Å². The Balaban J connectivity index is 2.24. The summed E-state index contributed by atoms with van der Waals surface area (Å²) in [7, 11) is 1.62. The molecule has 1 aromatic heterocycles. The Morgan fingerprint density at radius 2 is 2.39 bits per heavy atom. The zero-order chi connectivity index (χ0) is 13.2. The normalized spacial score (nSPS) is 28.0. The van der Waals surface area contributed by atoms with Gasteiger partial charge in [-0.05, 0) is 32.7 Å². The number of hydrogen-bond donors (Lipinski definition) is 2. The molecule has 0 radical (unpaired) electrons. The van der Waals surface area contributed by atoms with Crippen molar-refractivity contribution in [2.24, 2.45) is 0 Å². The summed E-state index contributed by atoms with van der Waals surface area (Å²) in [6.07, 6.45) is 2.26. The van der Waals surface area contributed by atoms with E-state index in [0.29, 0.717) is 18.8 Å². The number of aromatic nitrogens is 2. The van der Waals surface area contributed by atoms with Gasteiger partial charge >= 0.3 is 0 Å². The highest BCUT2D eigenvalue weighted by molar-refractivity contribution is 5.06. The van der Waals surface area contributed by atoms with Crippen LogP contribution in [0.4, 0.5) is 0 Å². The minimum atomic E-state index is -1.05. The number of β-amino-alcohol motifs (C(OH)–C–C–N with tert-alkyl or cyclic N) is 1. The van der Waals surface area contributed by atoms with Gasteiger partial charge < -0.3 is 19.7 Å². The lowest BCUT2D eigenvalue weighted by Gasteiger charge is -2.29. The largest absolute Gasteiger partial charge is 0.379 e. The molecule has 1 aromatic rings. The maximum Gasteiger partial charge on any atom is 0.260 e. The van der Waals surface area contributed by atoms with E-state index in [2.05, 4.69) is 15.5 Å². The van der Waals surface area contributed by atoms with Crippen molar-refractivity contribution in [3.8, 4) is 0 Å². The summed E-state index contributed by atoms with van der Waals surface area (Å²) in [6.45, 7) is 5.26. The predicted octanol–water partition coefficient (Wildman–Crippen LogP) is 0.912. The number of piperidine rings is 1. The number of rotatable bonds is 4. The molecule has 2 unspecified atom stereocenters. The molecule has 0 aliphatic carbocycles. The van der Waals surface area contributed by atoms with Gasteiger partial charge in [-0.2, -0.15) is 4.98 Å². The highest BCUT2D eigenvalue weighted by Gasteiger charge is 2.39. The minimum Gasteiger partial charge on any atom is -0.379 e. The van der Waals surface area contributed by atoms with E-state index in [0.717, 1.165) is 19.4 Å². The Morgan fingerprint density at radius 1 is 1.61 bits per heavy atom. The first-order valence-corrected chi connectivity index (χ1v) is 6.37. The molecule has 6 heteroatoms. The van der Waals surface area contributed by atoms with E-state index in [9.17, 15) is 5.11 Å². The summed E-state index contributed by atoms with van der Waals surface area (Å²) in [5, 5.41) is 17.6. The molecule has 1 saturated heterocycles. The molecule has 0 saturated carbocycles. The molecule has 1 aliphatic heterocycles. The lowest BCUT2D eigenvalue weighted by Crippen LogP contribution is -2.43. The summed E-state index contributed by atoms with van der Waals surface area (Å²) >= 11 is 0. The van der Waals surface area contributed by atoms with Crippen molar-refractivity contribution in [1.29, 1.82) is 0 Å². The summed E-state index contributed by atoms with van der Waals surface area (Å²) in [5.41, 5.74) is -1.62. The van der Waals surface area contributed by atoms with Crippen LogP contribution in [0.5, 0.6) is 0 Å². The number of nitrogens with zero attached hydrogens (tertiary/aromatic N) is 2. The third-order valence-electron chi connectivity index (χ3n) is 3.78. The fourth-order valence-corrected chi connectivity index (χ4v) is 2.09. The third-order valence-corrected chi connectivity index (χ3v) is 3.78. The van der Waals surface area contributed by atoms with Gasteiger partial charge in [-0.25, -0.2) is 0 Å². The van der Waals surface area contributed by atoms with Crippen LogP contribution in [0.1, 0.15) is 44.8 Å². The van der Waals surface area contributed by atoms with Crippen molar-refractivity contribution in [2.75, 3.05) is 20.2 Å². The molecule has 18 heavy (non-hydrogen) atoms. The number of hydrogen-bond acceptors (Lipinski definition) is 6. The van der Waals surface area contributed by atoms with Crippen molar-refractivity contribution in [1.82, 2.24) is 15.5 Å². The highest BCUT2D eigenvalue weighted by Crippen LogP contribution is 2.31. The Labute approximate surface area is 107 Å². The van der Waals surface area contributed by atoms with Crippen molar-refractivity contribution >= 4 is 0 Å². The number of aliphatic hydroxyl groups is 1. The predicted molar refractivity (Wildman–Crippen MR) is 65.0 cm³/mol. The van der Waals surface area contributed by atoms with Crippen LogP contribution >= 0.6 is 0 Å². The smallest absolute Gasteiger partial charge is 0.260 e. The first-order chi connectivity index (χ1) is 8.54. The second kappa shape index (κ2) is 4.95. The van der Waals surface area contributed by atoms with Crippen LogP contribution in [-0.2, 0) is 15.9 Å². The highest BCUT2D eigenvalue weighted by atomic mass is 16.5. The summed E-state index contributed by atoms with van der Waals surface area (Å²) in [5.74, 6) is 0.767. The average molecular weight is 255 g/mol. The number of ether oxygens (including phenoxy) is 1. The van der Waals surface area contributed by atoms with Crippen LogP contribution < -0.4 is 5.32 Å². The van der Waals surface area contributed by atoms with Gasteiger partial charge in [0.2, 0.25) is 5.82 Å². The summed E-state index contributed by atoms with van der Waals surface area (Å²) < 4.78 is 10.7. The average Bonchev–Trinajstić information content (AvgIpc) is 2.89. The maximum absolute atomic E-state index is 10.5. The summed E-state index contributed by atoms with van der Waals surface area (Å²) in [6, 6.07) is 0. The quantitative estimate of drug-likeness (QED) is 0.832. The lowest BCUT2D eigenvalue weighted by atomic mass is 9.94. The third kappa shape index (κ3) is 2.28. The van der Waals surface area contributed by atoms with E-state index in [1.807, 2.05) is 13.8 Å². The molecule has 2 rings (SSSR count). The standard InChI is InChI=1S/C12H21N3O3/c1-4-11(2,17-3)9-14-10(18-15-9)12(16)6-5-7-13-8-12/h13,16H,4-8H2,1-3H3. The van der Waals surface area contributed by atoms with Gasteiger partial charge in [0.25, 0.3) is 5.89 Å². The van der Waals surface area contributed by atoms with Crippen LogP contribution in [0.3, 0.4) is 0 Å². The Hall–Kier alpha value is -0.980. The van der Waals surface area contributed by atoms with E-state index < -0.39 is 11.2 Å². The van der Waals surface area contributed by atoms with E-state index in [-0.39, 0.29) is 5.89 Å². The van der Waals surface area contributed by atoms with Crippen LogP contribution in [0.25, 0.3) is 0 Å². The van der Waals surface area contributed by atoms with Gasteiger partial charge in [0.15, 0.2) is 5.60 Å². The molecule has 1 fully saturated rings. The molecule has 2 N–H and O–H groups in total. The maximum atomic E-state index is 10.5. The molecule has 1 aliphatic rings. The molecular weight excluding hydrogens is 234 g/mol. The fourth-order valence-electron chi connectivity index (χ4n) is 2.09. The molecule has 102 valence electrons. The fraction of sp³-hybridized carbons (Fsp3) is 0.833. The second-order valence-corrected chi connectivity index (χ2v) is 5.02. The van der Waals surface area contributed by atoms with Crippen LogP contribution in [0.2, 0.25) is 0 Å². The van der Waals surface area contributed by atoms with Crippen molar-refractivity contribution in [2.45, 2.75) is 44.3 Å². The van der Waals surface area contributed by atoms with E-state index in [1.165, 1.54) is 0 Å². The first kappa shape index (κ1) is 13.5. The molecule has 2 heterocycles. The number of methoxy groups -OCH3 is 1. The van der Waals surface area contributed by atoms with Gasteiger partial charge in [-0.3, -0.25) is 0 Å². The molecule has 6 nitrogen and oxygen atoms in total. The van der Waals surface area contributed by atoms with Crippen LogP contribution in [-0.4, -0.2) is 35.4 Å². The molecular formula is C12H21N3O3. The topological polar surface area (TPSA) is 80.4 Å².